The molecule has 0 saturated heterocycles. The van der Waals surface area contributed by atoms with Crippen LogP contribution in [0.25, 0.3) is 0 Å². The Balaban J connectivity index is 2.41. The standard InChI is InChI=1S/C14H27NO2/c1-10-7-11(2)13(14(17)8-10)9-15(4)6-5-12(3)16/h10-13,16H,5-9H2,1-4H3. The SMILES string of the molecule is CC(O)CCN(C)CC1C(=O)CC(C)CC1C. The normalized spacial score (nSPS) is 31.9. The van der Waals surface area contributed by atoms with Crippen molar-refractivity contribution in [3.63, 3.8) is 0 Å². The highest BCUT2D eigenvalue weighted by molar-refractivity contribution is 5.82. The van der Waals surface area contributed by atoms with Crippen LogP contribution >= 0.6 is 0 Å². The van der Waals surface area contributed by atoms with E-state index in [9.17, 15) is 9.90 Å². The minimum atomic E-state index is -0.253. The van der Waals surface area contributed by atoms with Crippen molar-refractivity contribution in [2.75, 3.05) is 20.1 Å². The maximum absolute atomic E-state index is 12.0. The number of carbonyl (C=O) groups is 1. The number of Topliss-reactive ketones (excluding diaryl/α,β-unsaturated/α-hetero) is 1. The van der Waals surface area contributed by atoms with Crippen LogP contribution in [0.15, 0.2) is 0 Å². The molecule has 0 aromatic heterocycles. The van der Waals surface area contributed by atoms with E-state index in [1.165, 1.54) is 6.42 Å². The summed E-state index contributed by atoms with van der Waals surface area (Å²) in [5.74, 6) is 1.68. The summed E-state index contributed by atoms with van der Waals surface area (Å²) in [6.07, 6.45) is 2.44. The fraction of sp³-hybridized carbons (Fsp3) is 0.929. The van der Waals surface area contributed by atoms with Gasteiger partial charge in [0.2, 0.25) is 0 Å². The maximum atomic E-state index is 12.0. The van der Waals surface area contributed by atoms with Crippen LogP contribution in [0, 0.1) is 17.8 Å². The van der Waals surface area contributed by atoms with Crippen molar-refractivity contribution < 1.29 is 9.90 Å². The van der Waals surface area contributed by atoms with Crippen LogP contribution in [0.3, 0.4) is 0 Å². The molecule has 0 spiro atoms. The van der Waals surface area contributed by atoms with E-state index in [4.69, 9.17) is 0 Å². The molecule has 100 valence electrons. The highest BCUT2D eigenvalue weighted by Crippen LogP contribution is 2.31. The van der Waals surface area contributed by atoms with Gasteiger partial charge in [-0.05, 0) is 38.6 Å². The Morgan fingerprint density at radius 1 is 1.47 bits per heavy atom. The second-order valence-corrected chi connectivity index (χ2v) is 6.00. The third kappa shape index (κ3) is 4.76. The Kier molecular flexibility index (Phi) is 5.60. The zero-order valence-corrected chi connectivity index (χ0v) is 11.6. The molecule has 4 unspecified atom stereocenters. The van der Waals surface area contributed by atoms with Gasteiger partial charge in [0.25, 0.3) is 0 Å². The van der Waals surface area contributed by atoms with Crippen LogP contribution in [0.5, 0.6) is 0 Å². The molecule has 0 heterocycles. The van der Waals surface area contributed by atoms with Gasteiger partial charge in [-0.3, -0.25) is 4.79 Å². The largest absolute Gasteiger partial charge is 0.393 e. The van der Waals surface area contributed by atoms with E-state index >= 15 is 0 Å². The predicted molar refractivity (Wildman–Crippen MR) is 69.9 cm³/mol. The van der Waals surface area contributed by atoms with Gasteiger partial charge in [0.05, 0.1) is 6.10 Å². The average molecular weight is 241 g/mol. The second-order valence-electron chi connectivity index (χ2n) is 6.00. The molecular weight excluding hydrogens is 214 g/mol. The molecule has 17 heavy (non-hydrogen) atoms. The van der Waals surface area contributed by atoms with Crippen LogP contribution in [0.1, 0.15) is 40.0 Å². The van der Waals surface area contributed by atoms with Crippen molar-refractivity contribution in [2.24, 2.45) is 17.8 Å². The maximum Gasteiger partial charge on any atom is 0.137 e. The fourth-order valence-corrected chi connectivity index (χ4v) is 2.81. The summed E-state index contributed by atoms with van der Waals surface area (Å²) >= 11 is 0. The van der Waals surface area contributed by atoms with Crippen molar-refractivity contribution in [3.8, 4) is 0 Å². The van der Waals surface area contributed by atoms with E-state index in [2.05, 4.69) is 18.7 Å². The lowest BCUT2D eigenvalue weighted by atomic mass is 9.74. The minimum Gasteiger partial charge on any atom is -0.393 e. The summed E-state index contributed by atoms with van der Waals surface area (Å²) in [5, 5.41) is 9.25. The lowest BCUT2D eigenvalue weighted by molar-refractivity contribution is -0.128. The smallest absolute Gasteiger partial charge is 0.137 e. The summed E-state index contributed by atoms with van der Waals surface area (Å²) in [7, 11) is 2.04. The molecule has 1 fully saturated rings. The van der Waals surface area contributed by atoms with Crippen molar-refractivity contribution in [1.29, 1.82) is 0 Å². The Bertz CT molecular complexity index is 253. The van der Waals surface area contributed by atoms with Gasteiger partial charge in [-0.2, -0.15) is 0 Å². The Morgan fingerprint density at radius 3 is 2.65 bits per heavy atom. The van der Waals surface area contributed by atoms with Gasteiger partial charge in [-0.1, -0.05) is 13.8 Å². The number of nitrogens with zero attached hydrogens (tertiary/aromatic N) is 1. The molecule has 4 atom stereocenters. The van der Waals surface area contributed by atoms with Crippen LogP contribution in [0.4, 0.5) is 0 Å². The van der Waals surface area contributed by atoms with Crippen LogP contribution in [-0.2, 0) is 4.79 Å². The topological polar surface area (TPSA) is 40.5 Å². The van der Waals surface area contributed by atoms with Crippen LogP contribution in [-0.4, -0.2) is 42.0 Å². The number of aliphatic hydroxyl groups is 1. The van der Waals surface area contributed by atoms with E-state index in [0.717, 1.165) is 25.9 Å². The molecule has 1 aliphatic rings. The molecule has 1 aliphatic carbocycles. The molecule has 0 aromatic rings. The van der Waals surface area contributed by atoms with Crippen molar-refractivity contribution in [2.45, 2.75) is 46.1 Å². The number of hydrogen-bond acceptors (Lipinski definition) is 3. The zero-order valence-electron chi connectivity index (χ0n) is 11.6. The Labute approximate surface area is 105 Å². The third-order valence-electron chi connectivity index (χ3n) is 3.86. The fourth-order valence-electron chi connectivity index (χ4n) is 2.81. The van der Waals surface area contributed by atoms with Gasteiger partial charge in [-0.25, -0.2) is 0 Å². The monoisotopic (exact) mass is 241 g/mol. The summed E-state index contributed by atoms with van der Waals surface area (Å²) < 4.78 is 0. The molecule has 1 rings (SSSR count). The van der Waals surface area contributed by atoms with Gasteiger partial charge in [-0.15, -0.1) is 0 Å². The van der Waals surface area contributed by atoms with Gasteiger partial charge < -0.3 is 10.0 Å². The van der Waals surface area contributed by atoms with Crippen molar-refractivity contribution >= 4 is 5.78 Å². The van der Waals surface area contributed by atoms with E-state index in [0.29, 0.717) is 17.6 Å². The highest BCUT2D eigenvalue weighted by Gasteiger charge is 2.32. The molecule has 0 radical (unpaired) electrons. The van der Waals surface area contributed by atoms with E-state index in [1.807, 2.05) is 14.0 Å². The molecule has 0 aromatic carbocycles. The molecule has 1 N–H and O–H groups in total. The summed E-state index contributed by atoms with van der Waals surface area (Å²) in [4.78, 5) is 14.2. The number of aliphatic hydroxyl groups excluding tert-OH is 1. The first-order valence-electron chi connectivity index (χ1n) is 6.79. The van der Waals surface area contributed by atoms with Gasteiger partial charge >= 0.3 is 0 Å². The van der Waals surface area contributed by atoms with Crippen molar-refractivity contribution in [3.05, 3.63) is 0 Å². The first kappa shape index (κ1) is 14.7. The average Bonchev–Trinajstić information content (AvgIpc) is 2.20. The Morgan fingerprint density at radius 2 is 2.12 bits per heavy atom. The first-order chi connectivity index (χ1) is 7.90. The predicted octanol–water partition coefficient (Wildman–Crippen LogP) is 1.94. The van der Waals surface area contributed by atoms with E-state index in [-0.39, 0.29) is 12.0 Å². The lowest BCUT2D eigenvalue weighted by Gasteiger charge is -2.34. The quantitative estimate of drug-likeness (QED) is 0.799. The molecular formula is C14H27NO2. The Hall–Kier alpha value is -0.410. The summed E-state index contributed by atoms with van der Waals surface area (Å²) in [5.41, 5.74) is 0. The van der Waals surface area contributed by atoms with Crippen molar-refractivity contribution in [1.82, 2.24) is 4.90 Å². The number of rotatable bonds is 5. The second kappa shape index (κ2) is 6.50. The van der Waals surface area contributed by atoms with E-state index < -0.39 is 0 Å². The minimum absolute atomic E-state index is 0.199. The number of hydrogen-bond donors (Lipinski definition) is 1. The lowest BCUT2D eigenvalue weighted by Crippen LogP contribution is -2.39. The highest BCUT2D eigenvalue weighted by atomic mass is 16.3. The molecule has 0 bridgehead atoms. The van der Waals surface area contributed by atoms with Gasteiger partial charge in [0.1, 0.15) is 5.78 Å². The number of carbonyl (C=O) groups excluding carboxylic acids is 1. The van der Waals surface area contributed by atoms with Crippen LogP contribution in [0.2, 0.25) is 0 Å². The van der Waals surface area contributed by atoms with Crippen LogP contribution < -0.4 is 0 Å². The molecule has 0 aliphatic heterocycles. The molecule has 1 saturated carbocycles. The number of ketones is 1. The third-order valence-corrected chi connectivity index (χ3v) is 3.86. The zero-order chi connectivity index (χ0) is 13.0. The molecule has 3 nitrogen and oxygen atoms in total. The van der Waals surface area contributed by atoms with Gasteiger partial charge in [0, 0.05) is 25.4 Å². The first-order valence-corrected chi connectivity index (χ1v) is 6.79. The summed E-state index contributed by atoms with van der Waals surface area (Å²) in [6.45, 7) is 7.88. The van der Waals surface area contributed by atoms with Gasteiger partial charge in [0.15, 0.2) is 0 Å². The van der Waals surface area contributed by atoms with E-state index in [1.54, 1.807) is 0 Å². The molecule has 3 heteroatoms. The summed E-state index contributed by atoms with van der Waals surface area (Å²) in [6, 6.07) is 0. The molecule has 0 amide bonds.